The van der Waals surface area contributed by atoms with Gasteiger partial charge in [0.25, 0.3) is 0 Å². The van der Waals surface area contributed by atoms with E-state index in [1.54, 1.807) is 0 Å². The van der Waals surface area contributed by atoms with Crippen molar-refractivity contribution in [2.45, 2.75) is 0 Å². The first-order valence-electron chi connectivity index (χ1n) is 3.35. The maximum Gasteiger partial charge on any atom is 0.125 e. The summed E-state index contributed by atoms with van der Waals surface area (Å²) < 4.78 is 12.5. The largest absolute Gasteiger partial charge is 0.398 e. The van der Waals surface area contributed by atoms with Crippen LogP contribution in [0.5, 0.6) is 0 Å². The van der Waals surface area contributed by atoms with Crippen LogP contribution in [0.4, 0.5) is 10.1 Å². The Balaban J connectivity index is 3.03. The molecule has 0 fully saturated rings. The quantitative estimate of drug-likeness (QED) is 0.506. The molecule has 0 radical (unpaired) electrons. The zero-order valence-electron chi connectivity index (χ0n) is 6.29. The first kappa shape index (κ1) is 8.28. The second-order valence-electron chi connectivity index (χ2n) is 2.24. The Kier molecular flexibility index (Phi) is 2.44. The van der Waals surface area contributed by atoms with Crippen molar-refractivity contribution in [3.8, 4) is 6.07 Å². The molecular weight excluding hydrogens is 155 g/mol. The van der Waals surface area contributed by atoms with Crippen LogP contribution in [0.15, 0.2) is 24.3 Å². The first-order valence-corrected chi connectivity index (χ1v) is 3.35. The van der Waals surface area contributed by atoms with Crippen molar-refractivity contribution in [3.05, 3.63) is 35.7 Å². The Morgan fingerprint density at radius 1 is 1.50 bits per heavy atom. The van der Waals surface area contributed by atoms with Gasteiger partial charge >= 0.3 is 0 Å². The van der Waals surface area contributed by atoms with Gasteiger partial charge in [0.05, 0.1) is 6.07 Å². The van der Waals surface area contributed by atoms with E-state index in [1.807, 2.05) is 6.07 Å². The second-order valence-corrected chi connectivity index (χ2v) is 2.24. The molecule has 0 bridgehead atoms. The summed E-state index contributed by atoms with van der Waals surface area (Å²) in [6.45, 7) is 0. The highest BCUT2D eigenvalue weighted by molar-refractivity contribution is 5.65. The van der Waals surface area contributed by atoms with Gasteiger partial charge in [-0.1, -0.05) is 0 Å². The van der Waals surface area contributed by atoms with Gasteiger partial charge < -0.3 is 5.73 Å². The lowest BCUT2D eigenvalue weighted by Crippen LogP contribution is -1.89. The predicted octanol–water partition coefficient (Wildman–Crippen LogP) is 1.94. The van der Waals surface area contributed by atoms with Crippen molar-refractivity contribution in [2.75, 3.05) is 5.73 Å². The summed E-state index contributed by atoms with van der Waals surface area (Å²) >= 11 is 0. The number of nitrogen functional groups attached to an aromatic ring is 1. The number of hydrogen-bond donors (Lipinski definition) is 1. The third-order valence-electron chi connectivity index (χ3n) is 1.39. The van der Waals surface area contributed by atoms with Gasteiger partial charge in [-0.2, -0.15) is 5.26 Å². The molecule has 0 amide bonds. The van der Waals surface area contributed by atoms with Crippen LogP contribution in [0.25, 0.3) is 6.08 Å². The third-order valence-corrected chi connectivity index (χ3v) is 1.39. The van der Waals surface area contributed by atoms with Gasteiger partial charge in [0, 0.05) is 11.8 Å². The molecule has 2 N–H and O–H groups in total. The van der Waals surface area contributed by atoms with Crippen molar-refractivity contribution in [2.24, 2.45) is 0 Å². The van der Waals surface area contributed by atoms with E-state index >= 15 is 0 Å². The summed E-state index contributed by atoms with van der Waals surface area (Å²) in [6.07, 6.45) is 2.83. The monoisotopic (exact) mass is 162 g/mol. The topological polar surface area (TPSA) is 49.8 Å². The molecule has 0 unspecified atom stereocenters. The molecule has 0 spiro atoms. The summed E-state index contributed by atoms with van der Waals surface area (Å²) in [4.78, 5) is 0. The van der Waals surface area contributed by atoms with Crippen LogP contribution >= 0.6 is 0 Å². The Morgan fingerprint density at radius 2 is 2.25 bits per heavy atom. The normalized spacial score (nSPS) is 10.0. The van der Waals surface area contributed by atoms with Crippen molar-refractivity contribution in [1.29, 1.82) is 5.26 Å². The summed E-state index contributed by atoms with van der Waals surface area (Å²) in [5, 5.41) is 8.22. The molecule has 0 saturated heterocycles. The van der Waals surface area contributed by atoms with E-state index in [9.17, 15) is 4.39 Å². The zero-order valence-corrected chi connectivity index (χ0v) is 6.29. The van der Waals surface area contributed by atoms with Crippen LogP contribution < -0.4 is 5.73 Å². The van der Waals surface area contributed by atoms with Crippen LogP contribution in [0.2, 0.25) is 0 Å². The van der Waals surface area contributed by atoms with Gasteiger partial charge in [-0.15, -0.1) is 0 Å². The number of nitriles is 1. The van der Waals surface area contributed by atoms with Gasteiger partial charge in [0.2, 0.25) is 0 Å². The number of nitrogens with two attached hydrogens (primary N) is 1. The molecule has 0 heterocycles. The Hall–Kier alpha value is -1.82. The molecule has 0 aliphatic carbocycles. The minimum absolute atomic E-state index is 0.335. The molecule has 1 aromatic carbocycles. The Bertz CT molecular complexity index is 350. The second kappa shape index (κ2) is 3.54. The highest BCUT2D eigenvalue weighted by Crippen LogP contribution is 2.14. The van der Waals surface area contributed by atoms with Crippen LogP contribution in [0, 0.1) is 17.1 Å². The molecule has 12 heavy (non-hydrogen) atoms. The number of allylic oxidation sites excluding steroid dienone is 1. The SMILES string of the molecule is N#C/C=C/c1ccc(F)cc1N. The summed E-state index contributed by atoms with van der Waals surface area (Å²) in [7, 11) is 0. The van der Waals surface area contributed by atoms with Crippen molar-refractivity contribution < 1.29 is 4.39 Å². The van der Waals surface area contributed by atoms with Crippen LogP contribution in [0.3, 0.4) is 0 Å². The molecule has 1 aromatic rings. The average molecular weight is 162 g/mol. The average Bonchev–Trinajstić information content (AvgIpc) is 2.03. The summed E-state index contributed by atoms with van der Waals surface area (Å²) in [5.74, 6) is -0.374. The van der Waals surface area contributed by atoms with Gasteiger partial charge in [0.1, 0.15) is 5.82 Å². The molecule has 3 heteroatoms. The molecule has 0 aliphatic heterocycles. The molecule has 0 aromatic heterocycles. The summed E-state index contributed by atoms with van der Waals surface area (Å²) in [5.41, 5.74) is 6.45. The van der Waals surface area contributed by atoms with Crippen molar-refractivity contribution >= 4 is 11.8 Å². The lowest BCUT2D eigenvalue weighted by Gasteiger charge is -1.97. The number of nitrogens with zero attached hydrogens (tertiary/aromatic N) is 1. The Labute approximate surface area is 69.7 Å². The number of benzene rings is 1. The smallest absolute Gasteiger partial charge is 0.125 e. The lowest BCUT2D eigenvalue weighted by atomic mass is 10.1. The first-order chi connectivity index (χ1) is 5.74. The predicted molar refractivity (Wildman–Crippen MR) is 45.5 cm³/mol. The van der Waals surface area contributed by atoms with Gasteiger partial charge in [-0.05, 0) is 29.8 Å². The standard InChI is InChI=1S/C9H7FN2/c10-8-4-3-7(2-1-5-11)9(12)6-8/h1-4,6H,12H2/b2-1+. The van der Waals surface area contributed by atoms with Gasteiger partial charge in [-0.3, -0.25) is 0 Å². The molecule has 0 saturated carbocycles. The molecular formula is C9H7FN2. The number of hydrogen-bond acceptors (Lipinski definition) is 2. The molecule has 2 nitrogen and oxygen atoms in total. The minimum Gasteiger partial charge on any atom is -0.398 e. The van der Waals surface area contributed by atoms with E-state index in [0.29, 0.717) is 11.3 Å². The van der Waals surface area contributed by atoms with E-state index < -0.39 is 0 Å². The molecule has 60 valence electrons. The number of rotatable bonds is 1. The maximum atomic E-state index is 12.5. The fourth-order valence-electron chi connectivity index (χ4n) is 0.824. The number of halogens is 1. The third kappa shape index (κ3) is 1.83. The van der Waals surface area contributed by atoms with Crippen LogP contribution in [-0.4, -0.2) is 0 Å². The van der Waals surface area contributed by atoms with Crippen molar-refractivity contribution in [1.82, 2.24) is 0 Å². The van der Waals surface area contributed by atoms with Gasteiger partial charge in [0.15, 0.2) is 0 Å². The van der Waals surface area contributed by atoms with E-state index in [0.717, 1.165) is 0 Å². The van der Waals surface area contributed by atoms with Crippen molar-refractivity contribution in [3.63, 3.8) is 0 Å². The zero-order chi connectivity index (χ0) is 8.97. The lowest BCUT2D eigenvalue weighted by molar-refractivity contribution is 0.628. The highest BCUT2D eigenvalue weighted by atomic mass is 19.1. The highest BCUT2D eigenvalue weighted by Gasteiger charge is 1.95. The van der Waals surface area contributed by atoms with E-state index in [-0.39, 0.29) is 5.82 Å². The number of anilines is 1. The fourth-order valence-corrected chi connectivity index (χ4v) is 0.824. The van der Waals surface area contributed by atoms with E-state index in [4.69, 9.17) is 11.0 Å². The van der Waals surface area contributed by atoms with Crippen LogP contribution in [-0.2, 0) is 0 Å². The molecule has 0 atom stereocenters. The van der Waals surface area contributed by atoms with Gasteiger partial charge in [-0.25, -0.2) is 4.39 Å². The fraction of sp³-hybridized carbons (Fsp3) is 0. The maximum absolute atomic E-state index is 12.5. The summed E-state index contributed by atoms with van der Waals surface area (Å²) in [6, 6.07) is 5.87. The van der Waals surface area contributed by atoms with E-state index in [1.165, 1.54) is 30.4 Å². The van der Waals surface area contributed by atoms with Crippen LogP contribution in [0.1, 0.15) is 5.56 Å². The minimum atomic E-state index is -0.374. The van der Waals surface area contributed by atoms with E-state index in [2.05, 4.69) is 0 Å². The molecule has 0 aliphatic rings. The Morgan fingerprint density at radius 3 is 2.83 bits per heavy atom. The molecule has 1 rings (SSSR count).